The normalized spacial score (nSPS) is 29.8. The van der Waals surface area contributed by atoms with Gasteiger partial charge >= 0.3 is 0 Å². The molecule has 3 unspecified atom stereocenters. The molecule has 1 aromatic carbocycles. The van der Waals surface area contributed by atoms with Gasteiger partial charge in [0.1, 0.15) is 5.75 Å². The third kappa shape index (κ3) is 2.26. The van der Waals surface area contributed by atoms with Crippen LogP contribution in [0.5, 0.6) is 5.75 Å². The first-order chi connectivity index (χ1) is 8.81. The molecule has 2 nitrogen and oxygen atoms in total. The van der Waals surface area contributed by atoms with Crippen molar-refractivity contribution in [1.82, 2.24) is 5.32 Å². The van der Waals surface area contributed by atoms with E-state index >= 15 is 0 Å². The highest BCUT2D eigenvalue weighted by molar-refractivity contribution is 5.39. The molecule has 1 fully saturated rings. The molecule has 18 heavy (non-hydrogen) atoms. The average molecular weight is 245 g/mol. The highest BCUT2D eigenvalue weighted by atomic mass is 16.5. The Kier molecular flexibility index (Phi) is 3.29. The molecule has 98 valence electrons. The summed E-state index contributed by atoms with van der Waals surface area (Å²) in [5, 5.41) is 3.85. The van der Waals surface area contributed by atoms with Crippen LogP contribution in [0.4, 0.5) is 0 Å². The number of rotatable bonds is 4. The standard InChI is InChI=1S/C16H23NO/c1-3-11-9-16(11)17-15-6-4-5-12-7-8-13(18-2)10-14(12)15/h7-8,10-11,15-17H,3-6,9H2,1-2H3. The van der Waals surface area contributed by atoms with Crippen LogP contribution in [0.1, 0.15) is 49.8 Å². The summed E-state index contributed by atoms with van der Waals surface area (Å²) in [5.41, 5.74) is 2.98. The van der Waals surface area contributed by atoms with Crippen LogP contribution in [-0.2, 0) is 6.42 Å². The van der Waals surface area contributed by atoms with E-state index in [-0.39, 0.29) is 0 Å². The zero-order chi connectivity index (χ0) is 12.5. The van der Waals surface area contributed by atoms with Crippen LogP contribution in [0, 0.1) is 5.92 Å². The van der Waals surface area contributed by atoms with Gasteiger partial charge in [0.15, 0.2) is 0 Å². The van der Waals surface area contributed by atoms with Gasteiger partial charge in [-0.3, -0.25) is 0 Å². The fourth-order valence-corrected chi connectivity index (χ4v) is 3.24. The Bertz CT molecular complexity index is 429. The van der Waals surface area contributed by atoms with Gasteiger partial charge in [0, 0.05) is 12.1 Å². The molecule has 0 aromatic heterocycles. The first-order valence-corrected chi connectivity index (χ1v) is 7.24. The lowest BCUT2D eigenvalue weighted by Gasteiger charge is -2.27. The summed E-state index contributed by atoms with van der Waals surface area (Å²) in [6.45, 7) is 2.30. The van der Waals surface area contributed by atoms with E-state index in [4.69, 9.17) is 4.74 Å². The van der Waals surface area contributed by atoms with Gasteiger partial charge in [-0.1, -0.05) is 19.4 Å². The maximum absolute atomic E-state index is 5.36. The van der Waals surface area contributed by atoms with Crippen molar-refractivity contribution >= 4 is 0 Å². The largest absolute Gasteiger partial charge is 0.497 e. The van der Waals surface area contributed by atoms with Gasteiger partial charge in [0.05, 0.1) is 7.11 Å². The summed E-state index contributed by atoms with van der Waals surface area (Å²) >= 11 is 0. The minimum absolute atomic E-state index is 0.547. The molecular weight excluding hydrogens is 222 g/mol. The highest BCUT2D eigenvalue weighted by Crippen LogP contribution is 2.39. The van der Waals surface area contributed by atoms with Crippen molar-refractivity contribution in [3.05, 3.63) is 29.3 Å². The molecular formula is C16H23NO. The molecule has 3 rings (SSSR count). The van der Waals surface area contributed by atoms with Crippen LogP contribution in [0.3, 0.4) is 0 Å². The molecule has 2 heteroatoms. The molecule has 0 bridgehead atoms. The second-order valence-corrected chi connectivity index (χ2v) is 5.69. The molecule has 0 radical (unpaired) electrons. The summed E-state index contributed by atoms with van der Waals surface area (Å²) in [5.74, 6) is 1.91. The van der Waals surface area contributed by atoms with Crippen molar-refractivity contribution in [2.45, 2.75) is 51.1 Å². The van der Waals surface area contributed by atoms with Crippen LogP contribution >= 0.6 is 0 Å². The van der Waals surface area contributed by atoms with E-state index in [1.54, 1.807) is 7.11 Å². The third-order valence-corrected chi connectivity index (χ3v) is 4.53. The van der Waals surface area contributed by atoms with Gasteiger partial charge in [0.25, 0.3) is 0 Å². The van der Waals surface area contributed by atoms with Gasteiger partial charge in [-0.25, -0.2) is 0 Å². The van der Waals surface area contributed by atoms with Crippen molar-refractivity contribution in [2.75, 3.05) is 7.11 Å². The minimum atomic E-state index is 0.547. The fourth-order valence-electron chi connectivity index (χ4n) is 3.24. The van der Waals surface area contributed by atoms with E-state index < -0.39 is 0 Å². The number of hydrogen-bond acceptors (Lipinski definition) is 2. The Balaban J connectivity index is 1.77. The summed E-state index contributed by atoms with van der Waals surface area (Å²) < 4.78 is 5.36. The summed E-state index contributed by atoms with van der Waals surface area (Å²) in [7, 11) is 1.75. The molecule has 0 heterocycles. The van der Waals surface area contributed by atoms with E-state index in [0.29, 0.717) is 6.04 Å². The molecule has 3 atom stereocenters. The van der Waals surface area contributed by atoms with Crippen molar-refractivity contribution in [3.8, 4) is 5.75 Å². The van der Waals surface area contributed by atoms with E-state index in [1.807, 2.05) is 0 Å². The highest BCUT2D eigenvalue weighted by Gasteiger charge is 2.37. The quantitative estimate of drug-likeness (QED) is 0.877. The van der Waals surface area contributed by atoms with E-state index in [0.717, 1.165) is 17.7 Å². The Hall–Kier alpha value is -1.02. The van der Waals surface area contributed by atoms with E-state index in [2.05, 4.69) is 30.4 Å². The Labute approximate surface area is 110 Å². The Morgan fingerprint density at radius 1 is 1.39 bits per heavy atom. The fraction of sp³-hybridized carbons (Fsp3) is 0.625. The van der Waals surface area contributed by atoms with Crippen LogP contribution < -0.4 is 10.1 Å². The molecule has 1 saturated carbocycles. The van der Waals surface area contributed by atoms with Crippen LogP contribution in [-0.4, -0.2) is 13.2 Å². The SMILES string of the molecule is CCC1CC1NC1CCCc2ccc(OC)cc21. The smallest absolute Gasteiger partial charge is 0.119 e. The number of hydrogen-bond donors (Lipinski definition) is 1. The second-order valence-electron chi connectivity index (χ2n) is 5.69. The first-order valence-electron chi connectivity index (χ1n) is 7.24. The number of ether oxygens (including phenoxy) is 1. The Morgan fingerprint density at radius 3 is 3.00 bits per heavy atom. The first kappa shape index (κ1) is 12.0. The maximum Gasteiger partial charge on any atom is 0.119 e. The van der Waals surface area contributed by atoms with Crippen LogP contribution in [0.25, 0.3) is 0 Å². The number of aryl methyl sites for hydroxylation is 1. The van der Waals surface area contributed by atoms with E-state index in [9.17, 15) is 0 Å². The number of benzene rings is 1. The van der Waals surface area contributed by atoms with Crippen LogP contribution in [0.2, 0.25) is 0 Å². The minimum Gasteiger partial charge on any atom is -0.497 e. The molecule has 1 aromatic rings. The molecule has 0 spiro atoms. The van der Waals surface area contributed by atoms with Gasteiger partial charge < -0.3 is 10.1 Å². The lowest BCUT2D eigenvalue weighted by molar-refractivity contribution is 0.407. The van der Waals surface area contributed by atoms with Gasteiger partial charge in [-0.2, -0.15) is 0 Å². The topological polar surface area (TPSA) is 21.3 Å². The number of nitrogens with one attached hydrogen (secondary N) is 1. The van der Waals surface area contributed by atoms with Crippen molar-refractivity contribution in [1.29, 1.82) is 0 Å². The zero-order valence-electron chi connectivity index (χ0n) is 11.4. The number of fused-ring (bicyclic) bond motifs is 1. The maximum atomic E-state index is 5.36. The Morgan fingerprint density at radius 2 is 2.28 bits per heavy atom. The van der Waals surface area contributed by atoms with E-state index in [1.165, 1.54) is 43.2 Å². The van der Waals surface area contributed by atoms with Crippen molar-refractivity contribution in [2.24, 2.45) is 5.92 Å². The second kappa shape index (κ2) is 4.93. The molecule has 0 saturated heterocycles. The molecule has 0 aliphatic heterocycles. The van der Waals surface area contributed by atoms with Crippen LogP contribution in [0.15, 0.2) is 18.2 Å². The average Bonchev–Trinajstić information content (AvgIpc) is 3.17. The van der Waals surface area contributed by atoms with Crippen molar-refractivity contribution in [3.63, 3.8) is 0 Å². The summed E-state index contributed by atoms with van der Waals surface area (Å²) in [6, 6.07) is 7.87. The zero-order valence-corrected chi connectivity index (χ0v) is 11.4. The van der Waals surface area contributed by atoms with Crippen molar-refractivity contribution < 1.29 is 4.74 Å². The monoisotopic (exact) mass is 245 g/mol. The molecule has 1 N–H and O–H groups in total. The van der Waals surface area contributed by atoms with Gasteiger partial charge in [0.2, 0.25) is 0 Å². The molecule has 2 aliphatic rings. The number of methoxy groups -OCH3 is 1. The molecule has 2 aliphatic carbocycles. The molecule has 0 amide bonds. The lowest BCUT2D eigenvalue weighted by atomic mass is 9.87. The predicted molar refractivity (Wildman–Crippen MR) is 74.0 cm³/mol. The lowest BCUT2D eigenvalue weighted by Crippen LogP contribution is -2.28. The van der Waals surface area contributed by atoms with Gasteiger partial charge in [-0.05, 0) is 54.9 Å². The predicted octanol–water partition coefficient (Wildman–Crippen LogP) is 3.46. The van der Waals surface area contributed by atoms with Gasteiger partial charge in [-0.15, -0.1) is 0 Å². The summed E-state index contributed by atoms with van der Waals surface area (Å²) in [6.07, 6.45) is 6.48. The third-order valence-electron chi connectivity index (χ3n) is 4.53. The summed E-state index contributed by atoms with van der Waals surface area (Å²) in [4.78, 5) is 0.